The number of nitrogens with one attached hydrogen (secondary N) is 1. The second-order valence-corrected chi connectivity index (χ2v) is 6.57. The fraction of sp³-hybridized carbons (Fsp3) is 0.765. The molecule has 2 heterocycles. The van der Waals surface area contributed by atoms with Gasteiger partial charge in [-0.25, -0.2) is 0 Å². The first-order chi connectivity index (χ1) is 11.1. The molecule has 0 aliphatic carbocycles. The fourth-order valence-electron chi connectivity index (χ4n) is 3.28. The molecule has 2 rings (SSSR count). The van der Waals surface area contributed by atoms with E-state index in [1.54, 1.807) is 10.9 Å². The molecule has 6 heteroatoms. The minimum absolute atomic E-state index is 0.0318. The van der Waals surface area contributed by atoms with Crippen LogP contribution in [0, 0.1) is 12.8 Å². The number of likely N-dealkylation sites (tertiary alicyclic amines) is 1. The summed E-state index contributed by atoms with van der Waals surface area (Å²) in [7, 11) is 1.83. The standard InChI is InChI=1S/C17H29FN4O/c1-14-16(13-21(2)20-14)17(23)19-11-15-7-6-10-22(12-15)9-5-3-4-8-18/h13,15H,3-12H2,1-2H3,(H,19,23). The van der Waals surface area contributed by atoms with Crippen molar-refractivity contribution >= 4 is 5.91 Å². The lowest BCUT2D eigenvalue weighted by atomic mass is 9.97. The number of carbonyl (C=O) groups is 1. The number of aromatic nitrogens is 2. The molecule has 1 aliphatic rings. The molecule has 1 unspecified atom stereocenters. The van der Waals surface area contributed by atoms with Gasteiger partial charge >= 0.3 is 0 Å². The minimum Gasteiger partial charge on any atom is -0.352 e. The molecule has 1 aromatic heterocycles. The van der Waals surface area contributed by atoms with Crippen molar-refractivity contribution in [3.8, 4) is 0 Å². The number of amides is 1. The maximum Gasteiger partial charge on any atom is 0.254 e. The van der Waals surface area contributed by atoms with Gasteiger partial charge in [0.15, 0.2) is 0 Å². The highest BCUT2D eigenvalue weighted by atomic mass is 19.1. The van der Waals surface area contributed by atoms with Crippen LogP contribution >= 0.6 is 0 Å². The molecule has 0 bridgehead atoms. The molecule has 0 radical (unpaired) electrons. The third-order valence-electron chi connectivity index (χ3n) is 4.52. The molecule has 1 N–H and O–H groups in total. The number of unbranched alkanes of at least 4 members (excludes halogenated alkanes) is 2. The molecule has 0 spiro atoms. The highest BCUT2D eigenvalue weighted by molar-refractivity contribution is 5.94. The number of nitrogens with zero attached hydrogens (tertiary/aromatic N) is 3. The normalized spacial score (nSPS) is 19.0. The number of alkyl halides is 1. The number of rotatable bonds is 8. The Morgan fingerprint density at radius 2 is 2.26 bits per heavy atom. The summed E-state index contributed by atoms with van der Waals surface area (Å²) in [5.74, 6) is 0.474. The Morgan fingerprint density at radius 1 is 1.43 bits per heavy atom. The Hall–Kier alpha value is -1.43. The molecule has 5 nitrogen and oxygen atoms in total. The summed E-state index contributed by atoms with van der Waals surface area (Å²) in [5, 5.41) is 7.26. The van der Waals surface area contributed by atoms with E-state index in [0.717, 1.165) is 44.6 Å². The molecular weight excluding hydrogens is 295 g/mol. The number of halogens is 1. The van der Waals surface area contributed by atoms with E-state index in [-0.39, 0.29) is 12.6 Å². The molecule has 0 saturated carbocycles. The van der Waals surface area contributed by atoms with E-state index < -0.39 is 0 Å². The Labute approximate surface area is 138 Å². The Kier molecular flexibility index (Phi) is 7.02. The van der Waals surface area contributed by atoms with Crippen LogP contribution in [0.4, 0.5) is 4.39 Å². The number of aryl methyl sites for hydroxylation is 2. The lowest BCUT2D eigenvalue weighted by molar-refractivity contribution is 0.0931. The van der Waals surface area contributed by atoms with Gasteiger partial charge in [0.1, 0.15) is 0 Å². The van der Waals surface area contributed by atoms with Crippen LogP contribution < -0.4 is 5.32 Å². The molecule has 1 aliphatic heterocycles. The van der Waals surface area contributed by atoms with E-state index in [9.17, 15) is 9.18 Å². The lowest BCUT2D eigenvalue weighted by Crippen LogP contribution is -2.41. The Balaban J connectivity index is 1.72. The predicted octanol–water partition coefficient (Wildman–Crippen LogP) is 2.31. The summed E-state index contributed by atoms with van der Waals surface area (Å²) in [6, 6.07) is 0. The van der Waals surface area contributed by atoms with Crippen LogP contribution in [0.3, 0.4) is 0 Å². The molecule has 1 fully saturated rings. The predicted molar refractivity (Wildman–Crippen MR) is 89.3 cm³/mol. The molecule has 1 atom stereocenters. The zero-order valence-corrected chi connectivity index (χ0v) is 14.4. The summed E-state index contributed by atoms with van der Waals surface area (Å²) in [6.07, 6.45) is 6.82. The highest BCUT2D eigenvalue weighted by Gasteiger charge is 2.21. The third kappa shape index (κ3) is 5.61. The minimum atomic E-state index is -0.206. The van der Waals surface area contributed by atoms with Crippen molar-refractivity contribution in [3.63, 3.8) is 0 Å². The van der Waals surface area contributed by atoms with E-state index in [2.05, 4.69) is 15.3 Å². The van der Waals surface area contributed by atoms with E-state index in [1.807, 2.05) is 14.0 Å². The van der Waals surface area contributed by atoms with Crippen LogP contribution in [0.5, 0.6) is 0 Å². The molecule has 1 aromatic rings. The van der Waals surface area contributed by atoms with Gasteiger partial charge in [0.25, 0.3) is 5.91 Å². The van der Waals surface area contributed by atoms with Crippen molar-refractivity contribution in [2.24, 2.45) is 13.0 Å². The van der Waals surface area contributed by atoms with Crippen molar-refractivity contribution in [3.05, 3.63) is 17.5 Å². The van der Waals surface area contributed by atoms with Gasteiger partial charge < -0.3 is 10.2 Å². The van der Waals surface area contributed by atoms with Crippen LogP contribution in [-0.2, 0) is 7.05 Å². The van der Waals surface area contributed by atoms with Gasteiger partial charge in [-0.3, -0.25) is 13.9 Å². The van der Waals surface area contributed by atoms with E-state index in [1.165, 1.54) is 6.42 Å². The average molecular weight is 324 g/mol. The SMILES string of the molecule is Cc1nn(C)cc1C(=O)NCC1CCCN(CCCCCF)C1. The second kappa shape index (κ2) is 9.01. The Morgan fingerprint density at radius 3 is 2.96 bits per heavy atom. The van der Waals surface area contributed by atoms with Crippen LogP contribution in [0.25, 0.3) is 0 Å². The maximum absolute atomic E-state index is 12.2. The largest absolute Gasteiger partial charge is 0.352 e. The molecule has 130 valence electrons. The van der Waals surface area contributed by atoms with Gasteiger partial charge in [-0.05, 0) is 58.0 Å². The Bertz CT molecular complexity index is 503. The number of piperidine rings is 1. The van der Waals surface area contributed by atoms with Crippen LogP contribution in [-0.4, -0.2) is 53.4 Å². The maximum atomic E-state index is 12.2. The van der Waals surface area contributed by atoms with Gasteiger partial charge in [-0.1, -0.05) is 0 Å². The summed E-state index contributed by atoms with van der Waals surface area (Å²) in [6.45, 7) is 5.57. The van der Waals surface area contributed by atoms with Gasteiger partial charge in [0.2, 0.25) is 0 Å². The first-order valence-electron chi connectivity index (χ1n) is 8.67. The van der Waals surface area contributed by atoms with Crippen LogP contribution in [0.2, 0.25) is 0 Å². The first-order valence-corrected chi connectivity index (χ1v) is 8.67. The monoisotopic (exact) mass is 324 g/mol. The van der Waals surface area contributed by atoms with Crippen LogP contribution in [0.1, 0.15) is 48.2 Å². The molecule has 0 aromatic carbocycles. The van der Waals surface area contributed by atoms with Gasteiger partial charge in [0.05, 0.1) is 17.9 Å². The van der Waals surface area contributed by atoms with E-state index in [4.69, 9.17) is 0 Å². The van der Waals surface area contributed by atoms with Gasteiger partial charge in [0, 0.05) is 26.3 Å². The van der Waals surface area contributed by atoms with Gasteiger partial charge in [-0.2, -0.15) is 5.10 Å². The smallest absolute Gasteiger partial charge is 0.254 e. The summed E-state index contributed by atoms with van der Waals surface area (Å²) >= 11 is 0. The highest BCUT2D eigenvalue weighted by Crippen LogP contribution is 2.17. The third-order valence-corrected chi connectivity index (χ3v) is 4.52. The van der Waals surface area contributed by atoms with E-state index >= 15 is 0 Å². The number of hydrogen-bond acceptors (Lipinski definition) is 3. The van der Waals surface area contributed by atoms with E-state index in [0.29, 0.717) is 24.4 Å². The van der Waals surface area contributed by atoms with Gasteiger partial charge in [-0.15, -0.1) is 0 Å². The second-order valence-electron chi connectivity index (χ2n) is 6.57. The zero-order valence-electron chi connectivity index (χ0n) is 14.4. The summed E-state index contributed by atoms with van der Waals surface area (Å²) < 4.78 is 13.8. The fourth-order valence-corrected chi connectivity index (χ4v) is 3.28. The van der Waals surface area contributed by atoms with Crippen molar-refractivity contribution < 1.29 is 9.18 Å². The average Bonchev–Trinajstić information content (AvgIpc) is 2.88. The van der Waals surface area contributed by atoms with Crippen molar-refractivity contribution in [2.45, 2.75) is 39.0 Å². The lowest BCUT2D eigenvalue weighted by Gasteiger charge is -2.32. The summed E-state index contributed by atoms with van der Waals surface area (Å²) in [5.41, 5.74) is 1.43. The van der Waals surface area contributed by atoms with Crippen molar-refractivity contribution in [1.29, 1.82) is 0 Å². The number of hydrogen-bond donors (Lipinski definition) is 1. The quantitative estimate of drug-likeness (QED) is 0.747. The molecule has 1 saturated heterocycles. The topological polar surface area (TPSA) is 50.2 Å². The molecule has 1 amide bonds. The first kappa shape index (κ1) is 17.9. The summed E-state index contributed by atoms with van der Waals surface area (Å²) in [4.78, 5) is 14.7. The number of carbonyl (C=O) groups excluding carboxylic acids is 1. The van der Waals surface area contributed by atoms with Crippen molar-refractivity contribution in [2.75, 3.05) is 32.9 Å². The molecule has 23 heavy (non-hydrogen) atoms. The molecular formula is C17H29FN4O. The van der Waals surface area contributed by atoms with Crippen molar-refractivity contribution in [1.82, 2.24) is 20.0 Å². The zero-order chi connectivity index (χ0) is 16.7. The van der Waals surface area contributed by atoms with Crippen LogP contribution in [0.15, 0.2) is 6.20 Å².